The molecular formula is C28H33ClN4O3. The van der Waals surface area contributed by atoms with Gasteiger partial charge in [-0.15, -0.1) is 0 Å². The molecule has 7 nitrogen and oxygen atoms in total. The summed E-state index contributed by atoms with van der Waals surface area (Å²) < 4.78 is 11.4. The number of furan rings is 1. The van der Waals surface area contributed by atoms with Crippen LogP contribution in [-0.2, 0) is 22.5 Å². The normalized spacial score (nSPS) is 18.9. The molecule has 0 radical (unpaired) electrons. The average molecular weight is 509 g/mol. The predicted molar refractivity (Wildman–Crippen MR) is 143 cm³/mol. The van der Waals surface area contributed by atoms with Gasteiger partial charge in [-0.25, -0.2) is 0 Å². The number of rotatable bonds is 8. The highest BCUT2D eigenvalue weighted by molar-refractivity contribution is 6.30. The molecule has 0 saturated carbocycles. The van der Waals surface area contributed by atoms with E-state index in [-0.39, 0.29) is 5.91 Å². The first-order valence-electron chi connectivity index (χ1n) is 12.6. The Hall–Kier alpha value is -3.00. The topological polar surface area (TPSA) is 78.8 Å². The van der Waals surface area contributed by atoms with E-state index in [9.17, 15) is 4.79 Å². The summed E-state index contributed by atoms with van der Waals surface area (Å²) in [5.41, 5.74) is 4.67. The average Bonchev–Trinajstić information content (AvgIpc) is 3.22. The van der Waals surface area contributed by atoms with Crippen LogP contribution in [0.2, 0.25) is 5.02 Å². The number of hydrogen-bond donors (Lipinski definition) is 3. The van der Waals surface area contributed by atoms with Crippen LogP contribution in [0.25, 0.3) is 11.0 Å². The van der Waals surface area contributed by atoms with Crippen molar-refractivity contribution in [3.05, 3.63) is 76.1 Å². The van der Waals surface area contributed by atoms with Gasteiger partial charge < -0.3 is 25.1 Å². The summed E-state index contributed by atoms with van der Waals surface area (Å²) >= 11 is 6.09. The van der Waals surface area contributed by atoms with Crippen molar-refractivity contribution in [2.24, 2.45) is 0 Å². The van der Waals surface area contributed by atoms with E-state index in [2.05, 4.69) is 35.9 Å². The number of carbonyl (C=O) groups excluding carboxylic acids is 1. The lowest BCUT2D eigenvalue weighted by Gasteiger charge is -2.37. The second-order valence-corrected chi connectivity index (χ2v) is 9.86. The third-order valence-electron chi connectivity index (χ3n) is 6.99. The summed E-state index contributed by atoms with van der Waals surface area (Å²) in [7, 11) is 0. The summed E-state index contributed by atoms with van der Waals surface area (Å²) in [6, 6.07) is 14.0. The Morgan fingerprint density at radius 3 is 2.67 bits per heavy atom. The predicted octanol–water partition coefficient (Wildman–Crippen LogP) is 4.94. The minimum absolute atomic E-state index is 0.00500. The van der Waals surface area contributed by atoms with Gasteiger partial charge in [0, 0.05) is 66.6 Å². The van der Waals surface area contributed by atoms with Gasteiger partial charge >= 0.3 is 0 Å². The zero-order chi connectivity index (χ0) is 25.1. The number of hydrogen-bond acceptors (Lipinski definition) is 6. The molecule has 36 heavy (non-hydrogen) atoms. The lowest BCUT2D eigenvalue weighted by Crippen LogP contribution is -2.56. The number of halogens is 1. The Morgan fingerprint density at radius 2 is 1.92 bits per heavy atom. The molecule has 1 atom stereocenters. The molecule has 3 aromatic rings. The van der Waals surface area contributed by atoms with Crippen LogP contribution in [-0.4, -0.2) is 42.9 Å². The van der Waals surface area contributed by atoms with Crippen molar-refractivity contribution in [2.75, 3.05) is 25.1 Å². The van der Waals surface area contributed by atoms with Gasteiger partial charge in [0.15, 0.2) is 6.29 Å². The van der Waals surface area contributed by atoms with Gasteiger partial charge in [-0.05, 0) is 61.2 Å². The molecule has 1 fully saturated rings. The molecule has 3 N–H and O–H groups in total. The number of carbonyl (C=O) groups is 1. The van der Waals surface area contributed by atoms with E-state index in [1.54, 1.807) is 0 Å². The third kappa shape index (κ3) is 5.38. The zero-order valence-corrected chi connectivity index (χ0v) is 21.5. The van der Waals surface area contributed by atoms with Crippen LogP contribution in [0.4, 0.5) is 5.69 Å². The summed E-state index contributed by atoms with van der Waals surface area (Å²) in [5.74, 6) is 0.997. The fourth-order valence-electron chi connectivity index (χ4n) is 4.84. The maximum absolute atomic E-state index is 13.7. The Kier molecular flexibility index (Phi) is 7.51. The molecule has 0 bridgehead atoms. The summed E-state index contributed by atoms with van der Waals surface area (Å²) in [5, 5.41) is 12.2. The number of nitrogens with zero attached hydrogens (tertiary/aromatic N) is 1. The fraction of sp³-hybridized carbons (Fsp3) is 0.393. The Labute approximate surface area is 216 Å². The summed E-state index contributed by atoms with van der Waals surface area (Å²) in [6.07, 6.45) is 4.20. The van der Waals surface area contributed by atoms with Crippen LogP contribution >= 0.6 is 11.6 Å². The monoisotopic (exact) mass is 508 g/mol. The number of nitrogens with one attached hydrogen (secondary N) is 3. The molecule has 2 aliphatic rings. The van der Waals surface area contributed by atoms with Crippen LogP contribution in [0.5, 0.6) is 0 Å². The molecule has 1 saturated heterocycles. The maximum atomic E-state index is 13.7. The number of anilines is 1. The standard InChI is InChI=1S/C28H33ClN4O3/c1-3-25-18(2)24-14-23(8-9-26(24)36-25)32-28-31-16-20(15-30-22-10-12-35-13-11-22)27(34)33(28)17-19-4-6-21(29)7-5-19/h4-9,14,16,22,28,30-32H,3,10-13,15,17H2,1-2H3. The maximum Gasteiger partial charge on any atom is 0.255 e. The highest BCUT2D eigenvalue weighted by Crippen LogP contribution is 2.29. The van der Waals surface area contributed by atoms with Gasteiger partial charge in [-0.3, -0.25) is 9.69 Å². The quantitative estimate of drug-likeness (QED) is 0.400. The van der Waals surface area contributed by atoms with E-state index >= 15 is 0 Å². The van der Waals surface area contributed by atoms with Crippen molar-refractivity contribution in [1.82, 2.24) is 15.5 Å². The number of amides is 1. The van der Waals surface area contributed by atoms with Crippen molar-refractivity contribution < 1.29 is 13.9 Å². The summed E-state index contributed by atoms with van der Waals surface area (Å²) in [4.78, 5) is 15.5. The van der Waals surface area contributed by atoms with E-state index in [1.165, 1.54) is 0 Å². The minimum atomic E-state index is -0.407. The van der Waals surface area contributed by atoms with E-state index in [0.717, 1.165) is 66.0 Å². The van der Waals surface area contributed by atoms with Crippen molar-refractivity contribution in [2.45, 2.75) is 52.0 Å². The smallest absolute Gasteiger partial charge is 0.255 e. The van der Waals surface area contributed by atoms with Crippen LogP contribution in [0, 0.1) is 6.92 Å². The molecule has 1 unspecified atom stereocenters. The SMILES string of the molecule is CCc1oc2ccc(NC3NC=C(CNC4CCOCC4)C(=O)N3Cc3ccc(Cl)cc3)cc2c1C. The molecule has 1 amide bonds. The Bertz CT molecular complexity index is 1250. The number of aryl methyl sites for hydroxylation is 2. The van der Waals surface area contributed by atoms with Gasteiger partial charge in [-0.1, -0.05) is 30.7 Å². The Morgan fingerprint density at radius 1 is 1.14 bits per heavy atom. The lowest BCUT2D eigenvalue weighted by molar-refractivity contribution is -0.131. The largest absolute Gasteiger partial charge is 0.461 e. The molecule has 3 heterocycles. The van der Waals surface area contributed by atoms with Gasteiger partial charge in [-0.2, -0.15) is 0 Å². The van der Waals surface area contributed by atoms with Crippen molar-refractivity contribution in [3.8, 4) is 0 Å². The fourth-order valence-corrected chi connectivity index (χ4v) is 4.97. The first-order chi connectivity index (χ1) is 17.5. The number of benzene rings is 2. The Balaban J connectivity index is 1.37. The molecule has 2 aliphatic heterocycles. The van der Waals surface area contributed by atoms with Gasteiger partial charge in [0.2, 0.25) is 0 Å². The second-order valence-electron chi connectivity index (χ2n) is 9.42. The van der Waals surface area contributed by atoms with Crippen LogP contribution < -0.4 is 16.0 Å². The van der Waals surface area contributed by atoms with Crippen molar-refractivity contribution in [1.29, 1.82) is 0 Å². The van der Waals surface area contributed by atoms with E-state index in [4.69, 9.17) is 20.8 Å². The van der Waals surface area contributed by atoms with Gasteiger partial charge in [0.1, 0.15) is 11.3 Å². The molecule has 2 aromatic carbocycles. The molecule has 0 spiro atoms. The number of ether oxygens (including phenoxy) is 1. The van der Waals surface area contributed by atoms with Crippen LogP contribution in [0.1, 0.15) is 36.7 Å². The molecule has 5 rings (SSSR count). The summed E-state index contributed by atoms with van der Waals surface area (Å²) in [6.45, 7) is 6.67. The highest BCUT2D eigenvalue weighted by Gasteiger charge is 2.30. The second kappa shape index (κ2) is 10.9. The molecular weight excluding hydrogens is 476 g/mol. The molecule has 8 heteroatoms. The third-order valence-corrected chi connectivity index (χ3v) is 7.24. The van der Waals surface area contributed by atoms with E-state index < -0.39 is 6.29 Å². The van der Waals surface area contributed by atoms with Crippen LogP contribution in [0.15, 0.2) is 58.7 Å². The molecule has 0 aliphatic carbocycles. The van der Waals surface area contributed by atoms with Crippen molar-refractivity contribution in [3.63, 3.8) is 0 Å². The highest BCUT2D eigenvalue weighted by atomic mass is 35.5. The minimum Gasteiger partial charge on any atom is -0.461 e. The first kappa shape index (κ1) is 24.7. The first-order valence-corrected chi connectivity index (χ1v) is 13.0. The lowest BCUT2D eigenvalue weighted by atomic mass is 10.1. The molecule has 1 aromatic heterocycles. The molecule has 190 valence electrons. The van der Waals surface area contributed by atoms with E-state index in [0.29, 0.717) is 29.7 Å². The van der Waals surface area contributed by atoms with Gasteiger partial charge in [0.25, 0.3) is 5.91 Å². The van der Waals surface area contributed by atoms with E-state index in [1.807, 2.05) is 47.5 Å². The van der Waals surface area contributed by atoms with Crippen LogP contribution in [0.3, 0.4) is 0 Å². The zero-order valence-electron chi connectivity index (χ0n) is 20.8. The van der Waals surface area contributed by atoms with Gasteiger partial charge in [0.05, 0.1) is 0 Å². The number of fused-ring (bicyclic) bond motifs is 1. The van der Waals surface area contributed by atoms with Crippen molar-refractivity contribution >= 4 is 34.2 Å².